The van der Waals surface area contributed by atoms with Crippen LogP contribution in [0.4, 0.5) is 21.6 Å². The fraction of sp³-hybridized carbons (Fsp3) is 0.154. The molecule has 0 fully saturated rings. The molecule has 0 aliphatic carbocycles. The van der Waals surface area contributed by atoms with E-state index in [2.05, 4.69) is 9.97 Å². The molecule has 0 saturated carbocycles. The second-order valence-electron chi connectivity index (χ2n) is 3.87. The highest BCUT2D eigenvalue weighted by Crippen LogP contribution is 2.25. The van der Waals surface area contributed by atoms with Crippen molar-refractivity contribution in [3.8, 4) is 0 Å². The van der Waals surface area contributed by atoms with E-state index in [1.807, 2.05) is 0 Å². The first-order valence-electron chi connectivity index (χ1n) is 5.78. The third kappa shape index (κ3) is 2.85. The number of carbonyl (C=O) groups is 1. The van der Waals surface area contributed by atoms with E-state index in [4.69, 9.17) is 5.73 Å². The number of anilines is 3. The van der Waals surface area contributed by atoms with Gasteiger partial charge in [0.1, 0.15) is 5.82 Å². The number of pyridine rings is 2. The van der Waals surface area contributed by atoms with Crippen LogP contribution in [0.1, 0.15) is 13.3 Å². The molecule has 0 saturated heterocycles. The lowest BCUT2D eigenvalue weighted by Crippen LogP contribution is -2.26. The fourth-order valence-corrected chi connectivity index (χ4v) is 1.65. The molecule has 0 radical (unpaired) electrons. The number of hydrogen-bond donors (Lipinski definition) is 1. The molecule has 5 nitrogen and oxygen atoms in total. The molecule has 2 aromatic heterocycles. The second-order valence-corrected chi connectivity index (χ2v) is 3.87. The van der Waals surface area contributed by atoms with Crippen LogP contribution in [-0.4, -0.2) is 15.9 Å². The summed E-state index contributed by atoms with van der Waals surface area (Å²) in [6, 6.07) is 5.90. The molecule has 0 spiro atoms. The Labute approximate surface area is 109 Å². The summed E-state index contributed by atoms with van der Waals surface area (Å²) >= 11 is 0. The smallest absolute Gasteiger partial charge is 0.232 e. The number of rotatable bonds is 3. The number of nitrogen functional groups attached to an aromatic ring is 1. The molecule has 6 heteroatoms. The van der Waals surface area contributed by atoms with Gasteiger partial charge in [-0.15, -0.1) is 0 Å². The molecule has 2 heterocycles. The topological polar surface area (TPSA) is 72.1 Å². The normalized spacial score (nSPS) is 10.2. The molecule has 0 aliphatic heterocycles. The zero-order chi connectivity index (χ0) is 13.8. The Morgan fingerprint density at radius 3 is 2.68 bits per heavy atom. The Balaban J connectivity index is 2.50. The van der Waals surface area contributed by atoms with Crippen molar-refractivity contribution in [2.45, 2.75) is 13.3 Å². The highest BCUT2D eigenvalue weighted by Gasteiger charge is 2.18. The lowest BCUT2D eigenvalue weighted by Gasteiger charge is -2.21. The van der Waals surface area contributed by atoms with E-state index < -0.39 is 5.95 Å². The number of halogens is 1. The van der Waals surface area contributed by atoms with Crippen molar-refractivity contribution in [2.75, 3.05) is 10.6 Å². The fourth-order valence-electron chi connectivity index (χ4n) is 1.65. The molecule has 0 aliphatic rings. The summed E-state index contributed by atoms with van der Waals surface area (Å²) in [6.45, 7) is 1.72. The van der Waals surface area contributed by atoms with Crippen LogP contribution < -0.4 is 10.6 Å². The molecule has 1 amide bonds. The average molecular weight is 260 g/mol. The van der Waals surface area contributed by atoms with E-state index in [1.54, 1.807) is 25.1 Å². The average Bonchev–Trinajstić information content (AvgIpc) is 2.39. The van der Waals surface area contributed by atoms with Crippen molar-refractivity contribution in [1.29, 1.82) is 0 Å². The van der Waals surface area contributed by atoms with Crippen LogP contribution in [0, 0.1) is 5.95 Å². The predicted molar refractivity (Wildman–Crippen MR) is 70.3 cm³/mol. The van der Waals surface area contributed by atoms with Gasteiger partial charge < -0.3 is 5.73 Å². The molecular weight excluding hydrogens is 247 g/mol. The van der Waals surface area contributed by atoms with Gasteiger partial charge in [0.05, 0.1) is 5.69 Å². The first-order valence-corrected chi connectivity index (χ1v) is 5.78. The van der Waals surface area contributed by atoms with Gasteiger partial charge in [0.2, 0.25) is 11.9 Å². The van der Waals surface area contributed by atoms with Gasteiger partial charge in [0.15, 0.2) is 0 Å². The minimum absolute atomic E-state index is 0.205. The third-order valence-electron chi connectivity index (χ3n) is 2.52. The summed E-state index contributed by atoms with van der Waals surface area (Å²) in [4.78, 5) is 20.9. The lowest BCUT2D eigenvalue weighted by atomic mass is 10.3. The molecule has 0 atom stereocenters. The predicted octanol–water partition coefficient (Wildman–Crippen LogP) is 2.27. The number of nitrogens with zero attached hydrogens (tertiary/aromatic N) is 3. The highest BCUT2D eigenvalue weighted by molar-refractivity contribution is 5.99. The zero-order valence-corrected chi connectivity index (χ0v) is 10.4. The van der Waals surface area contributed by atoms with Gasteiger partial charge in [-0.1, -0.05) is 6.92 Å². The summed E-state index contributed by atoms with van der Waals surface area (Å²) in [5.41, 5.74) is 6.53. The number of carbonyl (C=O) groups excluding carboxylic acids is 1. The standard InChI is InChI=1S/C13H13FN4O/c1-2-13(19)18(10-4-6-16-11(14)8-10)12-7-9(15)3-5-17-12/h3-8H,2H2,1H3,(H2,15,17). The van der Waals surface area contributed by atoms with Crippen LogP contribution in [0.25, 0.3) is 0 Å². The van der Waals surface area contributed by atoms with Crippen molar-refractivity contribution in [1.82, 2.24) is 9.97 Å². The monoisotopic (exact) mass is 260 g/mol. The Morgan fingerprint density at radius 1 is 1.32 bits per heavy atom. The Hall–Kier alpha value is -2.50. The van der Waals surface area contributed by atoms with Crippen LogP contribution in [0.3, 0.4) is 0 Å². The van der Waals surface area contributed by atoms with E-state index in [0.717, 1.165) is 0 Å². The van der Waals surface area contributed by atoms with Gasteiger partial charge in [-0.25, -0.2) is 9.97 Å². The molecule has 0 bridgehead atoms. The lowest BCUT2D eigenvalue weighted by molar-refractivity contribution is -0.117. The van der Waals surface area contributed by atoms with E-state index in [9.17, 15) is 9.18 Å². The zero-order valence-electron chi connectivity index (χ0n) is 10.4. The van der Waals surface area contributed by atoms with Gasteiger partial charge in [0.25, 0.3) is 0 Å². The van der Waals surface area contributed by atoms with Gasteiger partial charge in [-0.05, 0) is 12.1 Å². The van der Waals surface area contributed by atoms with Crippen molar-refractivity contribution in [2.24, 2.45) is 0 Å². The molecule has 0 aromatic carbocycles. The second kappa shape index (κ2) is 5.43. The van der Waals surface area contributed by atoms with Crippen LogP contribution >= 0.6 is 0 Å². The summed E-state index contributed by atoms with van der Waals surface area (Å²) in [6.07, 6.45) is 3.06. The molecule has 19 heavy (non-hydrogen) atoms. The maximum atomic E-state index is 13.2. The number of aromatic nitrogens is 2. The summed E-state index contributed by atoms with van der Waals surface area (Å²) < 4.78 is 13.2. The molecular formula is C13H13FN4O. The van der Waals surface area contributed by atoms with Crippen LogP contribution in [0.2, 0.25) is 0 Å². The number of hydrogen-bond acceptors (Lipinski definition) is 4. The molecule has 2 N–H and O–H groups in total. The van der Waals surface area contributed by atoms with Crippen molar-refractivity contribution in [3.05, 3.63) is 42.6 Å². The van der Waals surface area contributed by atoms with E-state index in [0.29, 0.717) is 17.2 Å². The van der Waals surface area contributed by atoms with Crippen molar-refractivity contribution in [3.63, 3.8) is 0 Å². The Bertz CT molecular complexity index is 557. The molecule has 0 unspecified atom stereocenters. The number of amides is 1. The minimum atomic E-state index is -0.657. The largest absolute Gasteiger partial charge is 0.399 e. The molecule has 2 rings (SSSR count). The summed E-state index contributed by atoms with van der Waals surface area (Å²) in [7, 11) is 0. The van der Waals surface area contributed by atoms with Crippen molar-refractivity contribution >= 4 is 23.1 Å². The SMILES string of the molecule is CCC(=O)N(c1ccnc(F)c1)c1cc(N)ccn1. The van der Waals surface area contributed by atoms with Crippen LogP contribution in [-0.2, 0) is 4.79 Å². The highest BCUT2D eigenvalue weighted by atomic mass is 19.1. The van der Waals surface area contributed by atoms with Crippen LogP contribution in [0.5, 0.6) is 0 Å². The maximum Gasteiger partial charge on any atom is 0.232 e. The van der Waals surface area contributed by atoms with Gasteiger partial charge in [-0.3, -0.25) is 9.69 Å². The van der Waals surface area contributed by atoms with E-state index in [1.165, 1.54) is 23.4 Å². The van der Waals surface area contributed by atoms with E-state index in [-0.39, 0.29) is 12.3 Å². The van der Waals surface area contributed by atoms with Gasteiger partial charge in [-0.2, -0.15) is 4.39 Å². The Morgan fingerprint density at radius 2 is 2.05 bits per heavy atom. The quantitative estimate of drug-likeness (QED) is 0.859. The van der Waals surface area contributed by atoms with Crippen molar-refractivity contribution < 1.29 is 9.18 Å². The number of nitrogens with two attached hydrogens (primary N) is 1. The minimum Gasteiger partial charge on any atom is -0.399 e. The first kappa shape index (κ1) is 12.9. The first-order chi connectivity index (χ1) is 9.11. The molecule has 2 aromatic rings. The molecule has 98 valence electrons. The van der Waals surface area contributed by atoms with E-state index >= 15 is 0 Å². The summed E-state index contributed by atoms with van der Waals surface area (Å²) in [5.74, 6) is -0.503. The third-order valence-corrected chi connectivity index (χ3v) is 2.52. The van der Waals surface area contributed by atoms with Crippen LogP contribution in [0.15, 0.2) is 36.7 Å². The maximum absolute atomic E-state index is 13.2. The Kier molecular flexibility index (Phi) is 3.70. The van der Waals surface area contributed by atoms with Gasteiger partial charge in [0, 0.05) is 36.6 Å². The van der Waals surface area contributed by atoms with Gasteiger partial charge >= 0.3 is 0 Å². The summed E-state index contributed by atoms with van der Waals surface area (Å²) in [5, 5.41) is 0.